The molecule has 0 aliphatic rings. The molecular weight excluding hydrogens is 174 g/mol. The first-order chi connectivity index (χ1) is 6.74. The van der Waals surface area contributed by atoms with Crippen LogP contribution in [0.1, 0.15) is 19.4 Å². The highest BCUT2D eigenvalue weighted by atomic mass is 16.6. The van der Waals surface area contributed by atoms with Gasteiger partial charge in [0, 0.05) is 5.92 Å². The van der Waals surface area contributed by atoms with Gasteiger partial charge in [-0.15, -0.1) is 0 Å². The number of oxime groups is 1. The van der Waals surface area contributed by atoms with Crippen LogP contribution in [0.3, 0.4) is 0 Å². The maximum absolute atomic E-state index is 4.75. The quantitative estimate of drug-likeness (QED) is 0.529. The maximum atomic E-state index is 4.75. The molecule has 0 radical (unpaired) electrons. The van der Waals surface area contributed by atoms with Gasteiger partial charge in [0.1, 0.15) is 7.11 Å². The fraction of sp³-hybridized carbons (Fsp3) is 0.417. The van der Waals surface area contributed by atoms with Gasteiger partial charge < -0.3 is 4.84 Å². The molecule has 0 N–H and O–H groups in total. The monoisotopic (exact) mass is 191 g/mol. The Morgan fingerprint density at radius 2 is 2.00 bits per heavy atom. The summed E-state index contributed by atoms with van der Waals surface area (Å²) >= 11 is 0. The van der Waals surface area contributed by atoms with Crippen molar-refractivity contribution in [1.82, 2.24) is 0 Å². The zero-order valence-corrected chi connectivity index (χ0v) is 9.03. The lowest BCUT2D eigenvalue weighted by Gasteiger charge is -2.09. The highest BCUT2D eigenvalue weighted by molar-refractivity contribution is 5.83. The first kappa shape index (κ1) is 10.8. The van der Waals surface area contributed by atoms with Crippen molar-refractivity contribution in [2.24, 2.45) is 11.1 Å². The molecule has 1 rings (SSSR count). The molecule has 0 aliphatic heterocycles. The van der Waals surface area contributed by atoms with Crippen LogP contribution in [0.5, 0.6) is 0 Å². The third kappa shape index (κ3) is 3.21. The van der Waals surface area contributed by atoms with Crippen molar-refractivity contribution in [2.45, 2.75) is 20.3 Å². The standard InChI is InChI=1S/C12H17NO/c1-10(11(2)13-14-3)9-12-7-5-4-6-8-12/h4-8,10H,9H2,1-3H3. The minimum absolute atomic E-state index is 0.428. The fourth-order valence-corrected chi connectivity index (χ4v) is 1.35. The zero-order valence-electron chi connectivity index (χ0n) is 9.03. The van der Waals surface area contributed by atoms with E-state index in [0.717, 1.165) is 12.1 Å². The molecule has 0 spiro atoms. The smallest absolute Gasteiger partial charge is 0.106 e. The van der Waals surface area contributed by atoms with E-state index in [2.05, 4.69) is 36.3 Å². The Morgan fingerprint density at radius 1 is 1.36 bits per heavy atom. The van der Waals surface area contributed by atoms with E-state index in [1.54, 1.807) is 7.11 Å². The molecule has 0 aromatic heterocycles. The van der Waals surface area contributed by atoms with Crippen LogP contribution < -0.4 is 0 Å². The van der Waals surface area contributed by atoms with Gasteiger partial charge in [0.2, 0.25) is 0 Å². The van der Waals surface area contributed by atoms with Crippen LogP contribution in [-0.2, 0) is 11.3 Å². The molecule has 0 saturated heterocycles. The molecule has 0 heterocycles. The molecule has 0 bridgehead atoms. The molecule has 2 heteroatoms. The second-order valence-corrected chi connectivity index (χ2v) is 3.51. The van der Waals surface area contributed by atoms with Gasteiger partial charge in [-0.05, 0) is 18.9 Å². The van der Waals surface area contributed by atoms with E-state index in [-0.39, 0.29) is 0 Å². The lowest BCUT2D eigenvalue weighted by molar-refractivity contribution is 0.211. The minimum atomic E-state index is 0.428. The zero-order chi connectivity index (χ0) is 10.4. The van der Waals surface area contributed by atoms with Crippen molar-refractivity contribution in [1.29, 1.82) is 0 Å². The summed E-state index contributed by atoms with van der Waals surface area (Å²) in [5, 5.41) is 3.94. The lowest BCUT2D eigenvalue weighted by Crippen LogP contribution is -2.10. The number of nitrogens with zero attached hydrogens (tertiary/aromatic N) is 1. The third-order valence-corrected chi connectivity index (χ3v) is 2.33. The van der Waals surface area contributed by atoms with Crippen LogP contribution >= 0.6 is 0 Å². The van der Waals surface area contributed by atoms with Gasteiger partial charge in [0.05, 0.1) is 5.71 Å². The molecule has 0 aliphatic carbocycles. The Balaban J connectivity index is 2.57. The highest BCUT2D eigenvalue weighted by Gasteiger charge is 2.06. The van der Waals surface area contributed by atoms with Crippen molar-refractivity contribution in [3.8, 4) is 0 Å². The SMILES string of the molecule is CON=C(C)C(C)Cc1ccccc1. The topological polar surface area (TPSA) is 21.6 Å². The summed E-state index contributed by atoms with van der Waals surface area (Å²) in [6, 6.07) is 10.4. The summed E-state index contributed by atoms with van der Waals surface area (Å²) in [6.07, 6.45) is 1.01. The van der Waals surface area contributed by atoms with Gasteiger partial charge in [0.15, 0.2) is 0 Å². The number of hydrogen-bond donors (Lipinski definition) is 0. The Bertz CT molecular complexity index is 292. The molecule has 0 amide bonds. The van der Waals surface area contributed by atoms with Crippen LogP contribution in [0, 0.1) is 5.92 Å². The molecular formula is C12H17NO. The largest absolute Gasteiger partial charge is 0.399 e. The van der Waals surface area contributed by atoms with E-state index in [9.17, 15) is 0 Å². The van der Waals surface area contributed by atoms with Gasteiger partial charge in [-0.2, -0.15) is 0 Å². The van der Waals surface area contributed by atoms with Crippen LogP contribution in [0.4, 0.5) is 0 Å². The first-order valence-corrected chi connectivity index (χ1v) is 4.85. The molecule has 14 heavy (non-hydrogen) atoms. The number of rotatable bonds is 4. The van der Waals surface area contributed by atoms with Crippen molar-refractivity contribution < 1.29 is 4.84 Å². The van der Waals surface area contributed by atoms with Crippen LogP contribution in [-0.4, -0.2) is 12.8 Å². The summed E-state index contributed by atoms with van der Waals surface area (Å²) in [4.78, 5) is 4.75. The van der Waals surface area contributed by atoms with Crippen molar-refractivity contribution in [3.05, 3.63) is 35.9 Å². The average Bonchev–Trinajstić information content (AvgIpc) is 2.19. The Morgan fingerprint density at radius 3 is 2.57 bits per heavy atom. The molecule has 76 valence electrons. The summed E-state index contributed by atoms with van der Waals surface area (Å²) in [6.45, 7) is 4.15. The predicted octanol–water partition coefficient (Wildman–Crippen LogP) is 2.89. The first-order valence-electron chi connectivity index (χ1n) is 4.85. The van der Waals surface area contributed by atoms with Gasteiger partial charge in [-0.3, -0.25) is 0 Å². The predicted molar refractivity (Wildman–Crippen MR) is 59.4 cm³/mol. The van der Waals surface area contributed by atoms with Gasteiger partial charge in [0.25, 0.3) is 0 Å². The Hall–Kier alpha value is -1.31. The lowest BCUT2D eigenvalue weighted by atomic mass is 9.97. The molecule has 0 saturated carbocycles. The highest BCUT2D eigenvalue weighted by Crippen LogP contribution is 2.09. The summed E-state index contributed by atoms with van der Waals surface area (Å²) in [5.41, 5.74) is 2.38. The summed E-state index contributed by atoms with van der Waals surface area (Å²) < 4.78 is 0. The molecule has 1 unspecified atom stereocenters. The molecule has 1 atom stereocenters. The molecule has 1 aromatic carbocycles. The normalized spacial score (nSPS) is 13.8. The van der Waals surface area contributed by atoms with E-state index in [1.165, 1.54) is 5.56 Å². The molecule has 2 nitrogen and oxygen atoms in total. The fourth-order valence-electron chi connectivity index (χ4n) is 1.35. The second kappa shape index (κ2) is 5.43. The summed E-state index contributed by atoms with van der Waals surface area (Å²) in [7, 11) is 1.58. The van der Waals surface area contributed by atoms with Crippen LogP contribution in [0.25, 0.3) is 0 Å². The second-order valence-electron chi connectivity index (χ2n) is 3.51. The van der Waals surface area contributed by atoms with E-state index < -0.39 is 0 Å². The maximum Gasteiger partial charge on any atom is 0.106 e. The molecule has 1 aromatic rings. The van der Waals surface area contributed by atoms with Crippen molar-refractivity contribution in [3.63, 3.8) is 0 Å². The van der Waals surface area contributed by atoms with Crippen molar-refractivity contribution >= 4 is 5.71 Å². The van der Waals surface area contributed by atoms with Crippen LogP contribution in [0.2, 0.25) is 0 Å². The average molecular weight is 191 g/mol. The molecule has 0 fully saturated rings. The van der Waals surface area contributed by atoms with Crippen LogP contribution in [0.15, 0.2) is 35.5 Å². The van der Waals surface area contributed by atoms with E-state index in [4.69, 9.17) is 4.84 Å². The minimum Gasteiger partial charge on any atom is -0.399 e. The third-order valence-electron chi connectivity index (χ3n) is 2.33. The van der Waals surface area contributed by atoms with Gasteiger partial charge in [-0.25, -0.2) is 0 Å². The van der Waals surface area contributed by atoms with Gasteiger partial charge >= 0.3 is 0 Å². The van der Waals surface area contributed by atoms with E-state index in [0.29, 0.717) is 5.92 Å². The summed E-state index contributed by atoms with van der Waals surface area (Å²) in [5.74, 6) is 0.428. The Kier molecular flexibility index (Phi) is 4.17. The Labute approximate surface area is 85.6 Å². The van der Waals surface area contributed by atoms with Crippen molar-refractivity contribution in [2.75, 3.05) is 7.11 Å². The van der Waals surface area contributed by atoms with E-state index >= 15 is 0 Å². The number of hydrogen-bond acceptors (Lipinski definition) is 2. The number of benzene rings is 1. The van der Waals surface area contributed by atoms with Gasteiger partial charge in [-0.1, -0.05) is 42.4 Å². The van der Waals surface area contributed by atoms with E-state index in [1.807, 2.05) is 13.0 Å².